The van der Waals surface area contributed by atoms with E-state index in [1.165, 1.54) is 5.56 Å². The third-order valence-corrected chi connectivity index (χ3v) is 9.16. The van der Waals surface area contributed by atoms with Crippen LogP contribution >= 0.6 is 0 Å². The Morgan fingerprint density at radius 1 is 1.28 bits per heavy atom. The number of rotatable bonds is 8. The quantitative estimate of drug-likeness (QED) is 0.297. The topological polar surface area (TPSA) is 77.9 Å². The second-order valence-electron chi connectivity index (χ2n) is 13.3. The number of alkyl halides is 1. The second-order valence-corrected chi connectivity index (χ2v) is 19.0. The summed E-state index contributed by atoms with van der Waals surface area (Å²) >= 11 is 0. The number of nitrogens with zero attached hydrogens (tertiary/aromatic N) is 3. The standard InChI is InChI=1S/C29H47FN4O4Si/c1-20-16-21(10-13-37-20)22-17-34(19-36-14-15-39(5,6)7)27-26(22)24(8-11-31-27)32-25-18-33(12-9-23(25)30)28(35)38-29(2,3)4/h8,11,17,20-21,23,25H,9-10,12-16,18-19H2,1-7H3,(H,31,32)/t20?,21?,23-,25+/m1/s1. The van der Waals surface area contributed by atoms with Crippen molar-refractivity contribution in [3.05, 3.63) is 24.0 Å². The van der Waals surface area contributed by atoms with Gasteiger partial charge in [0, 0.05) is 57.8 Å². The van der Waals surface area contributed by atoms with Crippen LogP contribution in [0.3, 0.4) is 0 Å². The van der Waals surface area contributed by atoms with Crippen molar-refractivity contribution in [1.29, 1.82) is 0 Å². The summed E-state index contributed by atoms with van der Waals surface area (Å²) in [5, 5.41) is 4.47. The highest BCUT2D eigenvalue weighted by atomic mass is 28.3. The highest BCUT2D eigenvalue weighted by Gasteiger charge is 2.35. The number of carbonyl (C=O) groups excluding carboxylic acids is 1. The van der Waals surface area contributed by atoms with Crippen LogP contribution in [-0.4, -0.2) is 78.8 Å². The first kappa shape index (κ1) is 29.8. The van der Waals surface area contributed by atoms with Crippen molar-refractivity contribution >= 4 is 30.9 Å². The van der Waals surface area contributed by atoms with Gasteiger partial charge in [-0.05, 0) is 70.5 Å². The van der Waals surface area contributed by atoms with Crippen molar-refractivity contribution in [2.24, 2.45) is 0 Å². The molecule has 1 N–H and O–H groups in total. The molecule has 2 aromatic rings. The van der Waals surface area contributed by atoms with Gasteiger partial charge in [0.2, 0.25) is 0 Å². The van der Waals surface area contributed by atoms with Crippen LogP contribution in [0.15, 0.2) is 18.5 Å². The molecular weight excluding hydrogens is 515 g/mol. The largest absolute Gasteiger partial charge is 0.444 e. The number of halogens is 1. The van der Waals surface area contributed by atoms with Gasteiger partial charge < -0.3 is 29.0 Å². The maximum absolute atomic E-state index is 15.2. The average Bonchev–Trinajstić information content (AvgIpc) is 3.21. The Morgan fingerprint density at radius 3 is 2.74 bits per heavy atom. The summed E-state index contributed by atoms with van der Waals surface area (Å²) in [5.74, 6) is 0.315. The van der Waals surface area contributed by atoms with Crippen molar-refractivity contribution < 1.29 is 23.4 Å². The predicted octanol–water partition coefficient (Wildman–Crippen LogP) is 6.39. The highest BCUT2D eigenvalue weighted by molar-refractivity contribution is 6.76. The van der Waals surface area contributed by atoms with E-state index in [1.54, 1.807) is 11.1 Å². The van der Waals surface area contributed by atoms with Crippen LogP contribution in [-0.2, 0) is 20.9 Å². The lowest BCUT2D eigenvalue weighted by Gasteiger charge is -2.37. The molecule has 1 amide bonds. The molecule has 2 fully saturated rings. The molecule has 0 spiro atoms. The number of hydrogen-bond acceptors (Lipinski definition) is 6. The van der Waals surface area contributed by atoms with Gasteiger partial charge >= 0.3 is 6.09 Å². The first-order chi connectivity index (χ1) is 18.3. The SMILES string of the molecule is CC1CC(c2cn(COCC[Si](C)(C)C)c3nccc(N[C@H]4CN(C(=O)OC(C)(C)C)CC[C@H]4F)c23)CCO1. The molecule has 218 valence electrons. The fourth-order valence-electron chi connectivity index (χ4n) is 5.35. The fraction of sp³-hybridized carbons (Fsp3) is 0.724. The van der Waals surface area contributed by atoms with Crippen molar-refractivity contribution in [3.8, 4) is 0 Å². The van der Waals surface area contributed by atoms with E-state index in [4.69, 9.17) is 19.2 Å². The third-order valence-electron chi connectivity index (χ3n) is 7.46. The molecule has 0 aromatic carbocycles. The van der Waals surface area contributed by atoms with Gasteiger partial charge in [-0.1, -0.05) is 19.6 Å². The number of ether oxygens (including phenoxy) is 3. The number of anilines is 1. The van der Waals surface area contributed by atoms with Crippen LogP contribution in [0.4, 0.5) is 14.9 Å². The summed E-state index contributed by atoms with van der Waals surface area (Å²) in [7, 11) is -1.19. The predicted molar refractivity (Wildman–Crippen MR) is 156 cm³/mol. The Labute approximate surface area is 233 Å². The lowest BCUT2D eigenvalue weighted by atomic mass is 9.88. The second kappa shape index (κ2) is 12.1. The molecule has 0 radical (unpaired) electrons. The summed E-state index contributed by atoms with van der Waals surface area (Å²) in [5.41, 5.74) is 2.27. The molecule has 0 saturated carbocycles. The Kier molecular flexibility index (Phi) is 9.28. The van der Waals surface area contributed by atoms with Gasteiger partial charge in [0.1, 0.15) is 24.2 Å². The highest BCUT2D eigenvalue weighted by Crippen LogP contribution is 2.39. The first-order valence-corrected chi connectivity index (χ1v) is 18.1. The van der Waals surface area contributed by atoms with Crippen molar-refractivity contribution in [3.63, 3.8) is 0 Å². The zero-order valence-corrected chi connectivity index (χ0v) is 25.8. The van der Waals surface area contributed by atoms with Crippen LogP contribution in [0.5, 0.6) is 0 Å². The Morgan fingerprint density at radius 2 is 2.05 bits per heavy atom. The number of pyridine rings is 1. The number of fused-ring (bicyclic) bond motifs is 1. The average molecular weight is 563 g/mol. The number of amides is 1. The van der Waals surface area contributed by atoms with E-state index in [0.29, 0.717) is 25.8 Å². The summed E-state index contributed by atoms with van der Waals surface area (Å²) in [6, 6.07) is 2.48. The summed E-state index contributed by atoms with van der Waals surface area (Å²) in [4.78, 5) is 19.1. The number of nitrogens with one attached hydrogen (secondary N) is 1. The molecule has 2 aliphatic heterocycles. The van der Waals surface area contributed by atoms with Gasteiger partial charge in [-0.2, -0.15) is 0 Å². The summed E-state index contributed by atoms with van der Waals surface area (Å²) < 4.78 is 34.8. The lowest BCUT2D eigenvalue weighted by molar-refractivity contribution is 0.0150. The van der Waals surface area contributed by atoms with Crippen molar-refractivity contribution in [2.45, 2.75) is 109 Å². The number of carbonyl (C=O) groups is 1. The maximum Gasteiger partial charge on any atom is 0.410 e. The molecule has 0 bridgehead atoms. The molecule has 8 nitrogen and oxygen atoms in total. The first-order valence-electron chi connectivity index (χ1n) is 14.4. The van der Waals surface area contributed by atoms with Gasteiger partial charge in [0.05, 0.1) is 12.1 Å². The molecule has 4 atom stereocenters. The summed E-state index contributed by atoms with van der Waals surface area (Å²) in [6.07, 6.45) is 4.74. The van der Waals surface area contributed by atoms with Gasteiger partial charge in [-0.25, -0.2) is 14.2 Å². The van der Waals surface area contributed by atoms with Gasteiger partial charge in [0.25, 0.3) is 0 Å². The Hall–Kier alpha value is -2.17. The molecule has 0 aliphatic carbocycles. The van der Waals surface area contributed by atoms with Crippen LogP contribution in [0.2, 0.25) is 25.7 Å². The number of likely N-dealkylation sites (tertiary alicyclic amines) is 1. The Bertz CT molecular complexity index is 1130. The van der Waals surface area contributed by atoms with E-state index < -0.39 is 32.0 Å². The molecular formula is C29H47FN4O4Si. The van der Waals surface area contributed by atoms with Crippen LogP contribution < -0.4 is 5.32 Å². The maximum atomic E-state index is 15.2. The molecule has 2 unspecified atom stereocenters. The van der Waals surface area contributed by atoms with E-state index in [9.17, 15) is 4.79 Å². The Balaban J connectivity index is 1.61. The van der Waals surface area contributed by atoms with E-state index in [2.05, 4.69) is 42.6 Å². The van der Waals surface area contributed by atoms with E-state index in [1.807, 2.05) is 26.8 Å². The van der Waals surface area contributed by atoms with E-state index >= 15 is 4.39 Å². The minimum atomic E-state index is -1.19. The van der Waals surface area contributed by atoms with Crippen molar-refractivity contribution in [1.82, 2.24) is 14.5 Å². The number of hydrogen-bond donors (Lipinski definition) is 1. The molecule has 2 aromatic heterocycles. The zero-order chi connectivity index (χ0) is 28.4. The van der Waals surface area contributed by atoms with Gasteiger partial charge in [-0.3, -0.25) is 0 Å². The molecule has 2 saturated heterocycles. The minimum absolute atomic E-state index is 0.180. The minimum Gasteiger partial charge on any atom is -0.444 e. The normalized spacial score (nSPS) is 24.7. The summed E-state index contributed by atoms with van der Waals surface area (Å²) in [6.45, 7) is 17.1. The monoisotopic (exact) mass is 562 g/mol. The smallest absolute Gasteiger partial charge is 0.410 e. The van der Waals surface area contributed by atoms with Gasteiger partial charge in [-0.15, -0.1) is 0 Å². The third kappa shape index (κ3) is 7.95. The molecule has 10 heteroatoms. The molecule has 2 aliphatic rings. The molecule has 4 rings (SSSR count). The van der Waals surface area contributed by atoms with E-state index in [0.717, 1.165) is 42.2 Å². The van der Waals surface area contributed by atoms with Gasteiger partial charge in [0.15, 0.2) is 0 Å². The van der Waals surface area contributed by atoms with Crippen LogP contribution in [0.25, 0.3) is 11.0 Å². The van der Waals surface area contributed by atoms with Crippen LogP contribution in [0, 0.1) is 0 Å². The van der Waals surface area contributed by atoms with Crippen molar-refractivity contribution in [2.75, 3.05) is 31.6 Å². The lowest BCUT2D eigenvalue weighted by Crippen LogP contribution is -2.52. The number of piperidine rings is 1. The number of aromatic nitrogens is 2. The van der Waals surface area contributed by atoms with Crippen LogP contribution in [0.1, 0.15) is 58.4 Å². The molecule has 39 heavy (non-hydrogen) atoms. The fourth-order valence-corrected chi connectivity index (χ4v) is 6.10. The molecule has 4 heterocycles. The van der Waals surface area contributed by atoms with E-state index in [-0.39, 0.29) is 19.1 Å². The zero-order valence-electron chi connectivity index (χ0n) is 24.8.